The van der Waals surface area contributed by atoms with Crippen LogP contribution in [0, 0.1) is 6.92 Å². The van der Waals surface area contributed by atoms with Gasteiger partial charge >= 0.3 is 0 Å². The number of nitrogens with zero attached hydrogens (tertiary/aromatic N) is 4. The first kappa shape index (κ1) is 12.7. The van der Waals surface area contributed by atoms with Crippen LogP contribution in [-0.4, -0.2) is 20.1 Å². The summed E-state index contributed by atoms with van der Waals surface area (Å²) in [6.45, 7) is 1.91. The Balaban J connectivity index is 1.97. The molecule has 3 rings (SSSR count). The fraction of sp³-hybridized carbons (Fsp3) is 0.0769. The van der Waals surface area contributed by atoms with Gasteiger partial charge in [-0.1, -0.05) is 5.16 Å². The van der Waals surface area contributed by atoms with E-state index in [4.69, 9.17) is 10.3 Å². The highest BCUT2D eigenvalue weighted by molar-refractivity contribution is 9.10. The van der Waals surface area contributed by atoms with E-state index in [-0.39, 0.29) is 0 Å². The Morgan fingerprint density at radius 1 is 1.15 bits per heavy atom. The van der Waals surface area contributed by atoms with Crippen LogP contribution in [0.25, 0.3) is 23.1 Å². The van der Waals surface area contributed by atoms with Gasteiger partial charge in [-0.25, -0.2) is 9.97 Å². The Bertz CT molecular complexity index is 754. The first-order valence-corrected chi connectivity index (χ1v) is 6.61. The fourth-order valence-electron chi connectivity index (χ4n) is 1.60. The second-order valence-corrected chi connectivity index (χ2v) is 5.10. The number of hydrogen-bond donors (Lipinski definition) is 1. The molecule has 0 aliphatic carbocycles. The third-order valence-corrected chi connectivity index (χ3v) is 3.34. The normalized spacial score (nSPS) is 10.7. The summed E-state index contributed by atoms with van der Waals surface area (Å²) in [6, 6.07) is 5.40. The van der Waals surface area contributed by atoms with Crippen LogP contribution in [-0.2, 0) is 0 Å². The SMILES string of the molecule is Cc1cnc(-c2noc(-c3ccc(N)c(Br)c3)n2)nc1. The summed E-state index contributed by atoms with van der Waals surface area (Å²) in [5.41, 5.74) is 8.14. The number of nitrogens with two attached hydrogens (primary N) is 1. The van der Waals surface area contributed by atoms with E-state index in [0.29, 0.717) is 23.2 Å². The van der Waals surface area contributed by atoms with E-state index in [2.05, 4.69) is 36.0 Å². The van der Waals surface area contributed by atoms with Crippen LogP contribution < -0.4 is 5.73 Å². The van der Waals surface area contributed by atoms with Crippen LogP contribution in [0.4, 0.5) is 5.69 Å². The average molecular weight is 332 g/mol. The molecular weight excluding hydrogens is 322 g/mol. The highest BCUT2D eigenvalue weighted by Gasteiger charge is 2.13. The lowest BCUT2D eigenvalue weighted by Crippen LogP contribution is -1.91. The lowest BCUT2D eigenvalue weighted by Gasteiger charge is -1.99. The van der Waals surface area contributed by atoms with Crippen LogP contribution in [0.3, 0.4) is 0 Å². The summed E-state index contributed by atoms with van der Waals surface area (Å²) < 4.78 is 6.01. The molecule has 0 bridgehead atoms. The first-order valence-electron chi connectivity index (χ1n) is 5.81. The number of halogens is 1. The van der Waals surface area contributed by atoms with E-state index in [1.807, 2.05) is 19.1 Å². The zero-order valence-electron chi connectivity index (χ0n) is 10.5. The van der Waals surface area contributed by atoms with E-state index >= 15 is 0 Å². The maximum absolute atomic E-state index is 5.74. The molecule has 3 aromatic rings. The van der Waals surface area contributed by atoms with Crippen molar-refractivity contribution in [2.24, 2.45) is 0 Å². The lowest BCUT2D eigenvalue weighted by molar-refractivity contribution is 0.432. The highest BCUT2D eigenvalue weighted by atomic mass is 79.9. The van der Waals surface area contributed by atoms with Crippen molar-refractivity contribution in [3.05, 3.63) is 40.6 Å². The molecule has 0 atom stereocenters. The van der Waals surface area contributed by atoms with Gasteiger partial charge in [-0.05, 0) is 46.6 Å². The van der Waals surface area contributed by atoms with Crippen molar-refractivity contribution in [2.75, 3.05) is 5.73 Å². The molecule has 20 heavy (non-hydrogen) atoms. The fourth-order valence-corrected chi connectivity index (χ4v) is 1.98. The number of rotatable bonds is 2. The Hall–Kier alpha value is -2.28. The molecule has 0 radical (unpaired) electrons. The molecule has 1 aromatic carbocycles. The zero-order chi connectivity index (χ0) is 14.1. The maximum atomic E-state index is 5.74. The Morgan fingerprint density at radius 3 is 2.60 bits per heavy atom. The standard InChI is InChI=1S/C13H10BrN5O/c1-7-5-16-11(17-6-7)12-18-13(20-19-12)8-2-3-10(15)9(14)4-8/h2-6H,15H2,1H3. The summed E-state index contributed by atoms with van der Waals surface area (Å²) in [5.74, 6) is 1.18. The number of aryl methyl sites for hydroxylation is 1. The van der Waals surface area contributed by atoms with E-state index in [1.165, 1.54) is 0 Å². The van der Waals surface area contributed by atoms with E-state index < -0.39 is 0 Å². The minimum atomic E-state index is 0.355. The molecule has 0 aliphatic heterocycles. The van der Waals surface area contributed by atoms with Gasteiger partial charge in [0.25, 0.3) is 5.89 Å². The van der Waals surface area contributed by atoms with Crippen molar-refractivity contribution in [1.29, 1.82) is 0 Å². The molecule has 2 aromatic heterocycles. The van der Waals surface area contributed by atoms with E-state index in [1.54, 1.807) is 18.5 Å². The lowest BCUT2D eigenvalue weighted by atomic mass is 10.2. The summed E-state index contributed by atoms with van der Waals surface area (Å²) in [7, 11) is 0. The van der Waals surface area contributed by atoms with Gasteiger partial charge in [0.2, 0.25) is 11.6 Å². The smallest absolute Gasteiger partial charge is 0.258 e. The minimum absolute atomic E-state index is 0.355. The third-order valence-electron chi connectivity index (χ3n) is 2.65. The van der Waals surface area contributed by atoms with Crippen molar-refractivity contribution >= 4 is 21.6 Å². The second-order valence-electron chi connectivity index (χ2n) is 4.24. The number of nitrogen functional groups attached to an aromatic ring is 1. The highest BCUT2D eigenvalue weighted by Crippen LogP contribution is 2.27. The largest absolute Gasteiger partial charge is 0.398 e. The number of aromatic nitrogens is 4. The molecule has 0 spiro atoms. The zero-order valence-corrected chi connectivity index (χ0v) is 12.1. The molecule has 2 heterocycles. The molecule has 0 saturated heterocycles. The molecule has 0 amide bonds. The Morgan fingerprint density at radius 2 is 1.90 bits per heavy atom. The van der Waals surface area contributed by atoms with Gasteiger partial charge in [0.05, 0.1) is 0 Å². The predicted molar refractivity (Wildman–Crippen MR) is 77.6 cm³/mol. The van der Waals surface area contributed by atoms with Crippen LogP contribution in [0.15, 0.2) is 39.6 Å². The molecule has 0 unspecified atom stereocenters. The summed E-state index contributed by atoms with van der Waals surface area (Å²) >= 11 is 3.36. The number of hydrogen-bond acceptors (Lipinski definition) is 6. The first-order chi connectivity index (χ1) is 9.63. The summed E-state index contributed by atoms with van der Waals surface area (Å²) in [4.78, 5) is 12.6. The van der Waals surface area contributed by atoms with Crippen molar-refractivity contribution in [3.63, 3.8) is 0 Å². The van der Waals surface area contributed by atoms with Gasteiger partial charge in [-0.15, -0.1) is 0 Å². The quantitative estimate of drug-likeness (QED) is 0.726. The van der Waals surface area contributed by atoms with Crippen LogP contribution >= 0.6 is 15.9 Å². The molecule has 2 N–H and O–H groups in total. The molecule has 0 saturated carbocycles. The van der Waals surface area contributed by atoms with Gasteiger partial charge < -0.3 is 10.3 Å². The Labute approximate surface area is 123 Å². The molecule has 6 nitrogen and oxygen atoms in total. The van der Waals surface area contributed by atoms with Crippen molar-refractivity contribution in [3.8, 4) is 23.1 Å². The molecular formula is C13H10BrN5O. The maximum Gasteiger partial charge on any atom is 0.258 e. The molecule has 0 aliphatic rings. The Kier molecular flexibility index (Phi) is 3.19. The van der Waals surface area contributed by atoms with Crippen LogP contribution in [0.1, 0.15) is 5.56 Å². The van der Waals surface area contributed by atoms with Crippen LogP contribution in [0.2, 0.25) is 0 Å². The average Bonchev–Trinajstić information content (AvgIpc) is 2.92. The van der Waals surface area contributed by atoms with Gasteiger partial charge in [0.1, 0.15) is 0 Å². The monoisotopic (exact) mass is 331 g/mol. The van der Waals surface area contributed by atoms with Crippen molar-refractivity contribution < 1.29 is 4.52 Å². The van der Waals surface area contributed by atoms with Crippen LogP contribution in [0.5, 0.6) is 0 Å². The van der Waals surface area contributed by atoms with Gasteiger partial charge in [0.15, 0.2) is 0 Å². The summed E-state index contributed by atoms with van der Waals surface area (Å²) in [5, 5.41) is 3.89. The van der Waals surface area contributed by atoms with E-state index in [9.17, 15) is 0 Å². The summed E-state index contributed by atoms with van der Waals surface area (Å²) in [6.07, 6.45) is 3.41. The van der Waals surface area contributed by atoms with E-state index in [0.717, 1.165) is 15.6 Å². The predicted octanol–water partition coefficient (Wildman–Crippen LogP) is 2.85. The van der Waals surface area contributed by atoms with Gasteiger partial charge in [-0.2, -0.15) is 4.98 Å². The molecule has 0 fully saturated rings. The van der Waals surface area contributed by atoms with Crippen molar-refractivity contribution in [1.82, 2.24) is 20.1 Å². The topological polar surface area (TPSA) is 90.7 Å². The third kappa shape index (κ3) is 2.39. The van der Waals surface area contributed by atoms with Gasteiger partial charge in [-0.3, -0.25) is 0 Å². The second kappa shape index (κ2) is 5.01. The number of anilines is 1. The molecule has 7 heteroatoms. The molecule has 100 valence electrons. The number of benzene rings is 1. The van der Waals surface area contributed by atoms with Gasteiger partial charge in [0, 0.05) is 28.1 Å². The van der Waals surface area contributed by atoms with Crippen molar-refractivity contribution in [2.45, 2.75) is 6.92 Å². The minimum Gasteiger partial charge on any atom is -0.398 e.